The summed E-state index contributed by atoms with van der Waals surface area (Å²) in [5.41, 5.74) is 0. The van der Waals surface area contributed by atoms with E-state index in [1.54, 1.807) is 24.1 Å². The molecule has 1 aliphatic heterocycles. The topological polar surface area (TPSA) is 73.3 Å². The average Bonchev–Trinajstić information content (AvgIpc) is 2.66. The van der Waals surface area contributed by atoms with Gasteiger partial charge in [0.1, 0.15) is 11.6 Å². The van der Waals surface area contributed by atoms with Crippen LogP contribution in [0.25, 0.3) is 0 Å². The lowest BCUT2D eigenvalue weighted by Gasteiger charge is -2.36. The van der Waals surface area contributed by atoms with Crippen LogP contribution in [0, 0.1) is 5.82 Å². The molecule has 0 bridgehead atoms. The van der Waals surface area contributed by atoms with Gasteiger partial charge in [0.2, 0.25) is 5.91 Å². The van der Waals surface area contributed by atoms with Gasteiger partial charge in [-0.1, -0.05) is 0 Å². The highest BCUT2D eigenvalue weighted by Crippen LogP contribution is 2.15. The molecule has 1 amide bonds. The van der Waals surface area contributed by atoms with E-state index in [1.807, 2.05) is 11.9 Å². The molecule has 1 fully saturated rings. The third-order valence-electron chi connectivity index (χ3n) is 5.07. The van der Waals surface area contributed by atoms with E-state index in [4.69, 9.17) is 9.84 Å². The minimum atomic E-state index is -0.815. The number of carboxylic acids is 1. The van der Waals surface area contributed by atoms with Crippen LogP contribution in [-0.2, 0) is 9.59 Å². The summed E-state index contributed by atoms with van der Waals surface area (Å²) in [6, 6.07) is 6.13. The zero-order chi connectivity index (χ0) is 20.5. The Morgan fingerprint density at radius 2 is 1.83 bits per heavy atom. The SMILES string of the molecule is CN(CCCOc1ccc(F)cc1)C(=O)CN1CCC(N(C)CC(=O)O)CC1.Cl. The Labute approximate surface area is 177 Å². The molecule has 1 heterocycles. The van der Waals surface area contributed by atoms with Crippen molar-refractivity contribution in [1.29, 1.82) is 0 Å². The standard InChI is InChI=1S/C20H30FN3O4.ClH/c1-22(10-3-13-28-18-6-4-16(21)5-7-18)19(25)14-24-11-8-17(9-12-24)23(2)15-20(26)27;/h4-7,17H,3,8-15H2,1-2H3,(H,26,27);1H. The summed E-state index contributed by atoms with van der Waals surface area (Å²) >= 11 is 0. The molecule has 9 heteroatoms. The van der Waals surface area contributed by atoms with Crippen molar-refractivity contribution in [3.8, 4) is 5.75 Å². The molecule has 1 aromatic rings. The molecule has 7 nitrogen and oxygen atoms in total. The van der Waals surface area contributed by atoms with Crippen molar-refractivity contribution in [2.24, 2.45) is 0 Å². The average molecular weight is 432 g/mol. The lowest BCUT2D eigenvalue weighted by atomic mass is 10.0. The summed E-state index contributed by atoms with van der Waals surface area (Å²) < 4.78 is 18.4. The smallest absolute Gasteiger partial charge is 0.317 e. The van der Waals surface area contributed by atoms with Gasteiger partial charge in [0, 0.05) is 32.7 Å². The van der Waals surface area contributed by atoms with Crippen LogP contribution in [0.1, 0.15) is 19.3 Å². The maximum absolute atomic E-state index is 12.8. The van der Waals surface area contributed by atoms with Crippen molar-refractivity contribution >= 4 is 24.3 Å². The van der Waals surface area contributed by atoms with Gasteiger partial charge in [0.15, 0.2) is 0 Å². The van der Waals surface area contributed by atoms with Crippen LogP contribution in [0.4, 0.5) is 4.39 Å². The Morgan fingerprint density at radius 1 is 1.21 bits per heavy atom. The van der Waals surface area contributed by atoms with Gasteiger partial charge in [-0.15, -0.1) is 12.4 Å². The van der Waals surface area contributed by atoms with Crippen LogP contribution in [0.5, 0.6) is 5.75 Å². The number of amides is 1. The van der Waals surface area contributed by atoms with E-state index in [2.05, 4.69) is 4.90 Å². The Hall–Kier alpha value is -1.90. The van der Waals surface area contributed by atoms with Crippen LogP contribution in [0.15, 0.2) is 24.3 Å². The van der Waals surface area contributed by atoms with E-state index in [-0.39, 0.29) is 36.7 Å². The van der Waals surface area contributed by atoms with Crippen molar-refractivity contribution in [3.05, 3.63) is 30.1 Å². The first-order chi connectivity index (χ1) is 13.3. The molecule has 164 valence electrons. The molecule has 1 aliphatic rings. The number of halogens is 2. The van der Waals surface area contributed by atoms with Crippen molar-refractivity contribution in [3.63, 3.8) is 0 Å². The fourth-order valence-corrected chi connectivity index (χ4v) is 3.32. The van der Waals surface area contributed by atoms with Crippen molar-refractivity contribution in [2.45, 2.75) is 25.3 Å². The Morgan fingerprint density at radius 3 is 2.41 bits per heavy atom. The number of likely N-dealkylation sites (N-methyl/N-ethyl adjacent to an activating group) is 2. The van der Waals surface area contributed by atoms with Crippen LogP contribution >= 0.6 is 12.4 Å². The quantitative estimate of drug-likeness (QED) is 0.571. The highest BCUT2D eigenvalue weighted by molar-refractivity contribution is 5.85. The van der Waals surface area contributed by atoms with Gasteiger partial charge < -0.3 is 14.7 Å². The first kappa shape index (κ1) is 25.1. The summed E-state index contributed by atoms with van der Waals surface area (Å²) in [4.78, 5) is 28.9. The van der Waals surface area contributed by atoms with Crippen molar-refractivity contribution in [1.82, 2.24) is 14.7 Å². The number of benzene rings is 1. The summed E-state index contributed by atoms with van der Waals surface area (Å²) in [5.74, 6) is -0.425. The van der Waals surface area contributed by atoms with Gasteiger partial charge in [-0.25, -0.2) is 4.39 Å². The summed E-state index contributed by atoms with van der Waals surface area (Å²) in [7, 11) is 3.62. The van der Waals surface area contributed by atoms with Gasteiger partial charge >= 0.3 is 5.97 Å². The molecule has 0 unspecified atom stereocenters. The van der Waals surface area contributed by atoms with E-state index >= 15 is 0 Å². The van der Waals surface area contributed by atoms with E-state index in [0.717, 1.165) is 25.9 Å². The second-order valence-corrected chi connectivity index (χ2v) is 7.29. The fourth-order valence-electron chi connectivity index (χ4n) is 3.32. The van der Waals surface area contributed by atoms with E-state index in [1.165, 1.54) is 12.1 Å². The third kappa shape index (κ3) is 8.97. The predicted molar refractivity (Wildman–Crippen MR) is 111 cm³/mol. The maximum Gasteiger partial charge on any atom is 0.317 e. The molecule has 0 aliphatic carbocycles. The number of carbonyl (C=O) groups excluding carboxylic acids is 1. The molecule has 0 radical (unpaired) electrons. The number of aliphatic carboxylic acids is 1. The summed E-state index contributed by atoms with van der Waals surface area (Å²) in [5, 5.41) is 8.88. The fraction of sp³-hybridized carbons (Fsp3) is 0.600. The number of likely N-dealkylation sites (tertiary alicyclic amines) is 1. The first-order valence-electron chi connectivity index (χ1n) is 9.62. The number of rotatable bonds is 10. The van der Waals surface area contributed by atoms with Crippen molar-refractivity contribution < 1.29 is 23.8 Å². The molecule has 1 saturated heterocycles. The Kier molecular flexibility index (Phi) is 10.9. The molecular formula is C20H31ClFN3O4. The third-order valence-corrected chi connectivity index (χ3v) is 5.07. The Balaban J connectivity index is 0.00000420. The molecular weight excluding hydrogens is 401 g/mol. The zero-order valence-electron chi connectivity index (χ0n) is 17.1. The highest BCUT2D eigenvalue weighted by Gasteiger charge is 2.25. The number of carboxylic acid groups (broad SMARTS) is 1. The maximum atomic E-state index is 12.8. The van der Waals surface area contributed by atoms with Crippen LogP contribution in [0.3, 0.4) is 0 Å². The second kappa shape index (κ2) is 12.6. The van der Waals surface area contributed by atoms with Gasteiger partial charge in [-0.05, 0) is 50.6 Å². The van der Waals surface area contributed by atoms with Crippen LogP contribution in [0.2, 0.25) is 0 Å². The largest absolute Gasteiger partial charge is 0.494 e. The number of ether oxygens (including phenoxy) is 1. The van der Waals surface area contributed by atoms with Crippen molar-refractivity contribution in [2.75, 3.05) is 53.4 Å². The minimum absolute atomic E-state index is 0. The zero-order valence-corrected chi connectivity index (χ0v) is 17.9. The summed E-state index contributed by atoms with van der Waals surface area (Å²) in [6.45, 7) is 3.07. The van der Waals surface area contributed by atoms with Gasteiger partial charge in [0.05, 0.1) is 19.7 Å². The number of hydrogen-bond donors (Lipinski definition) is 1. The number of nitrogens with zero attached hydrogens (tertiary/aromatic N) is 3. The number of hydrogen-bond acceptors (Lipinski definition) is 5. The molecule has 0 aromatic heterocycles. The van der Waals surface area contributed by atoms with E-state index < -0.39 is 5.97 Å². The molecule has 0 atom stereocenters. The molecule has 0 saturated carbocycles. The normalized spacial score (nSPS) is 15.0. The van der Waals surface area contributed by atoms with E-state index in [9.17, 15) is 14.0 Å². The van der Waals surface area contributed by atoms with Gasteiger partial charge in [0.25, 0.3) is 0 Å². The molecule has 29 heavy (non-hydrogen) atoms. The van der Waals surface area contributed by atoms with Gasteiger partial charge in [-0.2, -0.15) is 0 Å². The second-order valence-electron chi connectivity index (χ2n) is 7.29. The Bertz CT molecular complexity index is 639. The monoisotopic (exact) mass is 431 g/mol. The highest BCUT2D eigenvalue weighted by atomic mass is 35.5. The number of carbonyl (C=O) groups is 2. The number of piperidine rings is 1. The lowest BCUT2D eigenvalue weighted by molar-refractivity contribution is -0.138. The minimum Gasteiger partial charge on any atom is -0.494 e. The van der Waals surface area contributed by atoms with E-state index in [0.29, 0.717) is 31.9 Å². The molecule has 0 spiro atoms. The molecule has 2 rings (SSSR count). The predicted octanol–water partition coefficient (Wildman–Crippen LogP) is 1.96. The van der Waals surface area contributed by atoms with Crippen LogP contribution in [-0.4, -0.2) is 91.2 Å². The van der Waals surface area contributed by atoms with Crippen LogP contribution < -0.4 is 4.74 Å². The molecule has 1 N–H and O–H groups in total. The molecule has 1 aromatic carbocycles. The summed E-state index contributed by atoms with van der Waals surface area (Å²) in [6.07, 6.45) is 2.43. The van der Waals surface area contributed by atoms with Gasteiger partial charge in [-0.3, -0.25) is 19.4 Å². The first-order valence-corrected chi connectivity index (χ1v) is 9.62. The lowest BCUT2D eigenvalue weighted by Crippen LogP contribution is -2.47.